The van der Waals surface area contributed by atoms with Crippen LogP contribution in [0.1, 0.15) is 20.8 Å². The number of hydrogen-bond donors (Lipinski definition) is 2. The second-order valence-corrected chi connectivity index (χ2v) is 4.95. The maximum Gasteiger partial charge on any atom is 0.228 e. The van der Waals surface area contributed by atoms with E-state index >= 15 is 0 Å². The van der Waals surface area contributed by atoms with Gasteiger partial charge >= 0.3 is 0 Å². The van der Waals surface area contributed by atoms with Crippen molar-refractivity contribution in [1.29, 1.82) is 5.26 Å². The van der Waals surface area contributed by atoms with Crippen LogP contribution in [0, 0.1) is 17.2 Å². The molecule has 0 bridgehead atoms. The predicted octanol–water partition coefficient (Wildman–Crippen LogP) is 1.99. The first-order valence-electron chi connectivity index (χ1n) is 5.75. The standard InChI is InChI=1S/C11H18N6S/c1-7(2)14-10-15-9(13-6-8(3)5-12)16-11(17-10)18-4/h7-8H,6H2,1-4H3,(H2,13,14,15,16,17). The minimum Gasteiger partial charge on any atom is -0.353 e. The maximum absolute atomic E-state index is 8.73. The third kappa shape index (κ3) is 4.75. The molecule has 0 radical (unpaired) electrons. The summed E-state index contributed by atoms with van der Waals surface area (Å²) in [5, 5.41) is 15.6. The van der Waals surface area contributed by atoms with E-state index in [1.807, 2.05) is 27.0 Å². The molecule has 98 valence electrons. The molecular formula is C11H18N6S. The van der Waals surface area contributed by atoms with Gasteiger partial charge in [-0.25, -0.2) is 0 Å². The Labute approximate surface area is 112 Å². The van der Waals surface area contributed by atoms with E-state index in [1.165, 1.54) is 11.8 Å². The molecule has 1 atom stereocenters. The average molecular weight is 266 g/mol. The fraction of sp³-hybridized carbons (Fsp3) is 0.636. The molecule has 0 saturated heterocycles. The first-order chi connectivity index (χ1) is 8.55. The summed E-state index contributed by atoms with van der Waals surface area (Å²) in [6.07, 6.45) is 1.91. The van der Waals surface area contributed by atoms with Crippen LogP contribution in [0.5, 0.6) is 0 Å². The van der Waals surface area contributed by atoms with E-state index in [2.05, 4.69) is 31.7 Å². The van der Waals surface area contributed by atoms with Crippen LogP contribution in [0.4, 0.5) is 11.9 Å². The summed E-state index contributed by atoms with van der Waals surface area (Å²) in [7, 11) is 0. The molecule has 7 heteroatoms. The van der Waals surface area contributed by atoms with Crippen LogP contribution in [-0.4, -0.2) is 33.8 Å². The minimum atomic E-state index is -0.0824. The summed E-state index contributed by atoms with van der Waals surface area (Å²) in [6.45, 7) is 6.41. The number of hydrogen-bond acceptors (Lipinski definition) is 7. The molecule has 1 aromatic rings. The van der Waals surface area contributed by atoms with Crippen LogP contribution >= 0.6 is 11.8 Å². The van der Waals surface area contributed by atoms with Crippen LogP contribution in [0.2, 0.25) is 0 Å². The summed E-state index contributed by atoms with van der Waals surface area (Å²) in [6, 6.07) is 2.41. The van der Waals surface area contributed by atoms with Crippen LogP contribution in [0.3, 0.4) is 0 Å². The fourth-order valence-corrected chi connectivity index (χ4v) is 1.50. The molecule has 0 spiro atoms. The first-order valence-corrected chi connectivity index (χ1v) is 6.97. The van der Waals surface area contributed by atoms with Gasteiger partial charge in [-0.05, 0) is 27.0 Å². The maximum atomic E-state index is 8.73. The van der Waals surface area contributed by atoms with Crippen LogP contribution in [-0.2, 0) is 0 Å². The fourth-order valence-electron chi connectivity index (χ4n) is 1.14. The van der Waals surface area contributed by atoms with Gasteiger partial charge in [0.2, 0.25) is 11.9 Å². The Hall–Kier alpha value is -1.55. The highest BCUT2D eigenvalue weighted by molar-refractivity contribution is 7.98. The van der Waals surface area contributed by atoms with Crippen molar-refractivity contribution < 1.29 is 0 Å². The number of nitriles is 1. The molecule has 1 heterocycles. The molecule has 0 saturated carbocycles. The summed E-state index contributed by atoms with van der Waals surface area (Å²) in [4.78, 5) is 12.8. The van der Waals surface area contributed by atoms with E-state index in [0.717, 1.165) is 0 Å². The molecule has 18 heavy (non-hydrogen) atoms. The van der Waals surface area contributed by atoms with E-state index in [-0.39, 0.29) is 12.0 Å². The summed E-state index contributed by atoms with van der Waals surface area (Å²) < 4.78 is 0. The van der Waals surface area contributed by atoms with Gasteiger partial charge in [-0.15, -0.1) is 0 Å². The molecule has 0 aliphatic rings. The third-order valence-electron chi connectivity index (χ3n) is 2.00. The van der Waals surface area contributed by atoms with Crippen molar-refractivity contribution in [2.45, 2.75) is 32.0 Å². The zero-order valence-corrected chi connectivity index (χ0v) is 11.9. The third-order valence-corrected chi connectivity index (χ3v) is 2.55. The van der Waals surface area contributed by atoms with Crippen LogP contribution < -0.4 is 10.6 Å². The number of nitrogens with zero attached hydrogens (tertiary/aromatic N) is 4. The molecule has 0 fully saturated rings. The van der Waals surface area contributed by atoms with Crippen LogP contribution in [0.15, 0.2) is 5.16 Å². The number of anilines is 2. The summed E-state index contributed by atoms with van der Waals surface area (Å²) in [5.74, 6) is 0.970. The second kappa shape index (κ2) is 7.01. The van der Waals surface area contributed by atoms with E-state index in [9.17, 15) is 0 Å². The lowest BCUT2D eigenvalue weighted by atomic mass is 10.2. The highest BCUT2D eigenvalue weighted by atomic mass is 32.2. The highest BCUT2D eigenvalue weighted by Crippen LogP contribution is 2.14. The molecule has 0 aliphatic carbocycles. The van der Waals surface area contributed by atoms with Crippen molar-refractivity contribution in [3.8, 4) is 6.07 Å². The molecular weight excluding hydrogens is 248 g/mol. The zero-order valence-electron chi connectivity index (χ0n) is 11.1. The normalized spacial score (nSPS) is 12.0. The SMILES string of the molecule is CSc1nc(NCC(C)C#N)nc(NC(C)C)n1. The Balaban J connectivity index is 2.80. The predicted molar refractivity (Wildman–Crippen MR) is 73.6 cm³/mol. The van der Waals surface area contributed by atoms with Gasteiger partial charge in [-0.1, -0.05) is 11.8 Å². The average Bonchev–Trinajstić information content (AvgIpc) is 2.34. The van der Waals surface area contributed by atoms with Gasteiger partial charge in [-0.3, -0.25) is 0 Å². The quantitative estimate of drug-likeness (QED) is 0.761. The molecule has 1 unspecified atom stereocenters. The molecule has 2 N–H and O–H groups in total. The Kier molecular flexibility index (Phi) is 5.65. The molecule has 1 aromatic heterocycles. The lowest BCUT2D eigenvalue weighted by Gasteiger charge is -2.11. The van der Waals surface area contributed by atoms with Gasteiger partial charge in [0, 0.05) is 12.6 Å². The Morgan fingerprint density at radius 2 is 1.89 bits per heavy atom. The van der Waals surface area contributed by atoms with Crippen molar-refractivity contribution in [2.75, 3.05) is 23.4 Å². The summed E-state index contributed by atoms with van der Waals surface area (Å²) >= 11 is 1.46. The highest BCUT2D eigenvalue weighted by Gasteiger charge is 2.07. The van der Waals surface area contributed by atoms with Gasteiger partial charge in [0.25, 0.3) is 0 Å². The Bertz CT molecular complexity index is 428. The number of aromatic nitrogens is 3. The van der Waals surface area contributed by atoms with E-state index < -0.39 is 0 Å². The molecule has 0 amide bonds. The van der Waals surface area contributed by atoms with Gasteiger partial charge in [0.05, 0.1) is 12.0 Å². The van der Waals surface area contributed by atoms with Crippen molar-refractivity contribution in [3.05, 3.63) is 0 Å². The minimum absolute atomic E-state index is 0.0824. The second-order valence-electron chi connectivity index (χ2n) is 4.18. The van der Waals surface area contributed by atoms with Crippen molar-refractivity contribution in [1.82, 2.24) is 15.0 Å². The van der Waals surface area contributed by atoms with E-state index in [4.69, 9.17) is 5.26 Å². The Morgan fingerprint density at radius 3 is 2.44 bits per heavy atom. The Morgan fingerprint density at radius 1 is 1.22 bits per heavy atom. The molecule has 0 aromatic carbocycles. The van der Waals surface area contributed by atoms with Gasteiger partial charge < -0.3 is 10.6 Å². The number of nitrogens with one attached hydrogen (secondary N) is 2. The largest absolute Gasteiger partial charge is 0.353 e. The molecule has 0 aliphatic heterocycles. The number of thioether (sulfide) groups is 1. The van der Waals surface area contributed by atoms with E-state index in [1.54, 1.807) is 0 Å². The van der Waals surface area contributed by atoms with Crippen molar-refractivity contribution in [2.24, 2.45) is 5.92 Å². The van der Waals surface area contributed by atoms with Crippen molar-refractivity contribution in [3.63, 3.8) is 0 Å². The topological polar surface area (TPSA) is 86.5 Å². The zero-order chi connectivity index (χ0) is 13.5. The molecule has 6 nitrogen and oxygen atoms in total. The van der Waals surface area contributed by atoms with Crippen LogP contribution in [0.25, 0.3) is 0 Å². The van der Waals surface area contributed by atoms with Crippen molar-refractivity contribution >= 4 is 23.7 Å². The number of rotatable bonds is 6. The first kappa shape index (κ1) is 14.5. The van der Waals surface area contributed by atoms with Gasteiger partial charge in [0.1, 0.15) is 0 Å². The van der Waals surface area contributed by atoms with Gasteiger partial charge in [0.15, 0.2) is 5.16 Å². The lowest BCUT2D eigenvalue weighted by molar-refractivity contribution is 0.767. The van der Waals surface area contributed by atoms with E-state index in [0.29, 0.717) is 23.6 Å². The van der Waals surface area contributed by atoms with Gasteiger partial charge in [-0.2, -0.15) is 20.2 Å². The monoisotopic (exact) mass is 266 g/mol. The molecule has 1 rings (SSSR count). The lowest BCUT2D eigenvalue weighted by Crippen LogP contribution is -2.16. The summed E-state index contributed by atoms with van der Waals surface area (Å²) in [5.41, 5.74) is 0. The smallest absolute Gasteiger partial charge is 0.228 e.